The van der Waals surface area contributed by atoms with E-state index in [2.05, 4.69) is 0 Å². The van der Waals surface area contributed by atoms with Crippen LogP contribution in [0, 0.1) is 0 Å². The zero-order valence-corrected chi connectivity index (χ0v) is 22.3. The topological polar surface area (TPSA) is 180 Å². The fraction of sp³-hybridized carbons (Fsp3) is 0.462. The largest absolute Gasteiger partial charge is 0.463 e. The molecule has 1 aromatic heterocycles. The van der Waals surface area contributed by atoms with Crippen molar-refractivity contribution in [3.05, 3.63) is 29.5 Å². The van der Waals surface area contributed by atoms with Gasteiger partial charge in [0.2, 0.25) is 18.2 Å². The van der Waals surface area contributed by atoms with Gasteiger partial charge in [0.1, 0.15) is 12.7 Å². The van der Waals surface area contributed by atoms with Gasteiger partial charge in [-0.3, -0.25) is 24.0 Å². The number of rotatable bonds is 10. The molecule has 14 nitrogen and oxygen atoms in total. The van der Waals surface area contributed by atoms with Gasteiger partial charge in [0, 0.05) is 44.7 Å². The molecule has 2 aromatic rings. The Kier molecular flexibility index (Phi) is 9.82. The summed E-state index contributed by atoms with van der Waals surface area (Å²) in [4.78, 5) is 71.4. The number of fused-ring (bicyclic) bond motifs is 1. The fourth-order valence-electron chi connectivity index (χ4n) is 4.03. The Bertz CT molecular complexity index is 1290. The first-order valence-electron chi connectivity index (χ1n) is 12.1. The summed E-state index contributed by atoms with van der Waals surface area (Å²) in [5, 5.41) is 0.209. The molecule has 1 aliphatic rings. The minimum Gasteiger partial charge on any atom is -0.463 e. The van der Waals surface area contributed by atoms with E-state index in [1.807, 2.05) is 0 Å². The summed E-state index contributed by atoms with van der Waals surface area (Å²) < 4.78 is 43.7. The van der Waals surface area contributed by atoms with Crippen molar-refractivity contribution >= 4 is 47.1 Å². The Hall–Kier alpha value is -4.46. The zero-order chi connectivity index (χ0) is 29.6. The highest BCUT2D eigenvalue weighted by Crippen LogP contribution is 2.36. The summed E-state index contributed by atoms with van der Waals surface area (Å²) in [6.07, 6.45) is -6.58. The molecule has 1 aromatic carbocycles. The van der Waals surface area contributed by atoms with Crippen LogP contribution in [0.4, 0.5) is 0 Å². The van der Waals surface area contributed by atoms with Gasteiger partial charge >= 0.3 is 29.8 Å². The van der Waals surface area contributed by atoms with Crippen LogP contribution < -0.4 is 4.74 Å². The van der Waals surface area contributed by atoms with Crippen LogP contribution in [-0.2, 0) is 47.6 Å². The molecule has 0 amide bonds. The Labute approximate surface area is 227 Å². The lowest BCUT2D eigenvalue weighted by atomic mass is 9.98. The lowest BCUT2D eigenvalue weighted by molar-refractivity contribution is -0.288. The van der Waals surface area contributed by atoms with Crippen molar-refractivity contribution in [3.8, 4) is 5.75 Å². The molecule has 3 rings (SSSR count). The first kappa shape index (κ1) is 30.1. The minimum absolute atomic E-state index is 0.0412. The van der Waals surface area contributed by atoms with Crippen molar-refractivity contribution in [2.45, 2.75) is 65.3 Å². The van der Waals surface area contributed by atoms with Crippen molar-refractivity contribution in [1.29, 1.82) is 0 Å². The second-order valence-corrected chi connectivity index (χ2v) is 8.53. The molecule has 0 aliphatic carbocycles. The van der Waals surface area contributed by atoms with Crippen molar-refractivity contribution < 1.29 is 66.3 Å². The van der Waals surface area contributed by atoms with Gasteiger partial charge in [0.15, 0.2) is 29.8 Å². The zero-order valence-electron chi connectivity index (χ0n) is 22.3. The molecule has 5 atom stereocenters. The molecule has 1 fully saturated rings. The van der Waals surface area contributed by atoms with E-state index < -0.39 is 67.2 Å². The Balaban J connectivity index is 2.10. The predicted molar refractivity (Wildman–Crippen MR) is 130 cm³/mol. The van der Waals surface area contributed by atoms with Crippen LogP contribution in [0.15, 0.2) is 22.6 Å². The SMILES string of the molecule is CCOC(=O)c1cc2c(C=O)ccc(O[C@@H]3O[C@H](COC(C)=O)[C@H](OC(C)=O)[C@H](OC(C)=O)[C@H]3OC(C)=O)c2o1. The summed E-state index contributed by atoms with van der Waals surface area (Å²) in [6.45, 7) is 5.64. The number of ether oxygens (including phenoxy) is 7. The molecular weight excluding hydrogens is 536 g/mol. The Morgan fingerprint density at radius 3 is 2.05 bits per heavy atom. The first-order chi connectivity index (χ1) is 18.9. The number of benzene rings is 1. The molecule has 0 radical (unpaired) electrons. The number of hydrogen-bond donors (Lipinski definition) is 0. The van der Waals surface area contributed by atoms with E-state index in [1.165, 1.54) is 18.2 Å². The van der Waals surface area contributed by atoms with E-state index in [4.69, 9.17) is 37.6 Å². The monoisotopic (exact) mass is 564 g/mol. The molecule has 40 heavy (non-hydrogen) atoms. The van der Waals surface area contributed by atoms with Crippen LogP contribution in [0.1, 0.15) is 55.5 Å². The van der Waals surface area contributed by atoms with Crippen molar-refractivity contribution in [1.82, 2.24) is 0 Å². The number of carbonyl (C=O) groups excluding carboxylic acids is 6. The van der Waals surface area contributed by atoms with Gasteiger partial charge in [0.25, 0.3) is 0 Å². The molecule has 0 bridgehead atoms. The van der Waals surface area contributed by atoms with E-state index in [1.54, 1.807) is 6.92 Å². The standard InChI is InChI=1S/C26H28O14/c1-6-33-25(32)19-9-17-16(10-27)7-8-18(21(17)38-19)39-26-24(37-15(5)31)23(36-14(4)30)22(35-13(3)29)20(40-26)11-34-12(2)28/h7-10,20,22-24,26H,6,11H2,1-5H3/t20-,22+,23+,24-,26-/m1/s1. The minimum atomic E-state index is -1.55. The van der Waals surface area contributed by atoms with Gasteiger partial charge < -0.3 is 37.6 Å². The maximum atomic E-state index is 12.3. The number of aldehydes is 1. The van der Waals surface area contributed by atoms with Crippen LogP contribution in [0.5, 0.6) is 5.75 Å². The normalized spacial score (nSPS) is 22.1. The number of esters is 5. The fourth-order valence-corrected chi connectivity index (χ4v) is 4.03. The number of carbonyl (C=O) groups is 6. The van der Waals surface area contributed by atoms with E-state index in [0.717, 1.165) is 27.7 Å². The predicted octanol–water partition coefficient (Wildman–Crippen LogP) is 1.88. The maximum absolute atomic E-state index is 12.3. The van der Waals surface area contributed by atoms with E-state index >= 15 is 0 Å². The molecule has 0 N–H and O–H groups in total. The third-order valence-electron chi connectivity index (χ3n) is 5.48. The first-order valence-corrected chi connectivity index (χ1v) is 12.1. The highest BCUT2D eigenvalue weighted by molar-refractivity contribution is 6.02. The molecule has 2 heterocycles. The number of hydrogen-bond acceptors (Lipinski definition) is 14. The summed E-state index contributed by atoms with van der Waals surface area (Å²) in [6, 6.07) is 4.04. The van der Waals surface area contributed by atoms with Crippen LogP contribution in [0.25, 0.3) is 11.0 Å². The molecular formula is C26H28O14. The summed E-state index contributed by atoms with van der Waals surface area (Å²) in [5.41, 5.74) is 0.128. The Morgan fingerprint density at radius 2 is 1.48 bits per heavy atom. The van der Waals surface area contributed by atoms with Gasteiger partial charge in [-0.1, -0.05) is 0 Å². The quantitative estimate of drug-likeness (QED) is 0.232. The Morgan fingerprint density at radius 1 is 0.850 bits per heavy atom. The smallest absolute Gasteiger partial charge is 0.374 e. The lowest BCUT2D eigenvalue weighted by Crippen LogP contribution is -2.63. The van der Waals surface area contributed by atoms with Gasteiger partial charge in [0.05, 0.1) is 6.61 Å². The lowest BCUT2D eigenvalue weighted by Gasteiger charge is -2.43. The number of furan rings is 1. The average Bonchev–Trinajstić information content (AvgIpc) is 3.32. The highest BCUT2D eigenvalue weighted by atomic mass is 16.7. The van der Waals surface area contributed by atoms with E-state index in [0.29, 0.717) is 6.29 Å². The molecule has 216 valence electrons. The second-order valence-electron chi connectivity index (χ2n) is 8.53. The molecule has 0 spiro atoms. The van der Waals surface area contributed by atoms with Crippen LogP contribution >= 0.6 is 0 Å². The average molecular weight is 564 g/mol. The molecule has 0 saturated carbocycles. The molecule has 1 saturated heterocycles. The molecule has 14 heteroatoms. The molecule has 0 unspecified atom stereocenters. The van der Waals surface area contributed by atoms with Gasteiger partial charge in [-0.25, -0.2) is 4.79 Å². The maximum Gasteiger partial charge on any atom is 0.374 e. The van der Waals surface area contributed by atoms with Crippen molar-refractivity contribution in [3.63, 3.8) is 0 Å². The summed E-state index contributed by atoms with van der Waals surface area (Å²) in [5.74, 6) is -4.14. The van der Waals surface area contributed by atoms with Crippen molar-refractivity contribution in [2.75, 3.05) is 13.2 Å². The van der Waals surface area contributed by atoms with Crippen LogP contribution in [0.3, 0.4) is 0 Å². The molecule has 1 aliphatic heterocycles. The van der Waals surface area contributed by atoms with E-state index in [9.17, 15) is 28.8 Å². The highest BCUT2D eigenvalue weighted by Gasteiger charge is 2.53. The van der Waals surface area contributed by atoms with Gasteiger partial charge in [-0.2, -0.15) is 0 Å². The third-order valence-corrected chi connectivity index (χ3v) is 5.48. The van der Waals surface area contributed by atoms with Gasteiger partial charge in [-0.15, -0.1) is 0 Å². The van der Waals surface area contributed by atoms with E-state index in [-0.39, 0.29) is 34.6 Å². The van der Waals surface area contributed by atoms with Crippen molar-refractivity contribution in [2.24, 2.45) is 0 Å². The summed E-state index contributed by atoms with van der Waals surface area (Å²) >= 11 is 0. The summed E-state index contributed by atoms with van der Waals surface area (Å²) in [7, 11) is 0. The van der Waals surface area contributed by atoms with Crippen LogP contribution in [-0.4, -0.2) is 80.1 Å². The van der Waals surface area contributed by atoms with Crippen LogP contribution in [0.2, 0.25) is 0 Å². The third kappa shape index (κ3) is 7.14. The van der Waals surface area contributed by atoms with Gasteiger partial charge in [-0.05, 0) is 19.1 Å². The second kappa shape index (κ2) is 13.1.